The Bertz CT molecular complexity index is 117. The molecule has 4 nitrogen and oxygen atoms in total. The highest BCUT2D eigenvalue weighted by Gasteiger charge is 2.23. The molecular weight excluding hydrogens is 140 g/mol. The fourth-order valence-electron chi connectivity index (χ4n) is 1.44. The Hall–Kier alpha value is -0.160. The van der Waals surface area contributed by atoms with Crippen molar-refractivity contribution in [3.63, 3.8) is 0 Å². The fourth-order valence-corrected chi connectivity index (χ4v) is 1.44. The number of nitrogens with one attached hydrogen (secondary N) is 3. The Morgan fingerprint density at radius 2 is 2.45 bits per heavy atom. The van der Waals surface area contributed by atoms with E-state index in [2.05, 4.69) is 29.9 Å². The second-order valence-corrected chi connectivity index (χ2v) is 3.29. The second-order valence-electron chi connectivity index (χ2n) is 3.29. The van der Waals surface area contributed by atoms with Crippen LogP contribution in [0.1, 0.15) is 13.8 Å². The number of hydrazine groups is 1. The lowest BCUT2D eigenvalue weighted by Crippen LogP contribution is -2.40. The first kappa shape index (κ1) is 8.93. The molecule has 1 aliphatic rings. The Kier molecular flexibility index (Phi) is 3.26. The lowest BCUT2D eigenvalue weighted by atomic mass is 10.0. The summed E-state index contributed by atoms with van der Waals surface area (Å²) in [5, 5.41) is 6.76. The van der Waals surface area contributed by atoms with Gasteiger partial charge in [-0.05, 0) is 12.8 Å². The third-order valence-electron chi connectivity index (χ3n) is 2.23. The Balaban J connectivity index is 2.25. The average Bonchev–Trinajstić information content (AvgIpc) is 2.36. The fraction of sp³-hybridized carbons (Fsp3) is 1.00. The van der Waals surface area contributed by atoms with Crippen molar-refractivity contribution in [2.45, 2.75) is 26.1 Å². The standard InChI is InChI=1S/C7H18N4/c1-5(3-10-8)7-4-9-6(2)11-7/h5-7,9-11H,3-4,8H2,1-2H3. The summed E-state index contributed by atoms with van der Waals surface area (Å²) in [5.41, 5.74) is 2.69. The van der Waals surface area contributed by atoms with Gasteiger partial charge in [0.1, 0.15) is 0 Å². The van der Waals surface area contributed by atoms with Gasteiger partial charge >= 0.3 is 0 Å². The van der Waals surface area contributed by atoms with Gasteiger partial charge in [-0.1, -0.05) is 6.92 Å². The Morgan fingerprint density at radius 3 is 2.91 bits per heavy atom. The molecular formula is C7H18N4. The van der Waals surface area contributed by atoms with E-state index in [1.54, 1.807) is 0 Å². The van der Waals surface area contributed by atoms with Gasteiger partial charge < -0.3 is 5.32 Å². The minimum absolute atomic E-state index is 0.445. The molecule has 0 amide bonds. The van der Waals surface area contributed by atoms with E-state index in [1.165, 1.54) is 0 Å². The van der Waals surface area contributed by atoms with Gasteiger partial charge in [0.15, 0.2) is 0 Å². The molecule has 5 N–H and O–H groups in total. The highest BCUT2D eigenvalue weighted by Crippen LogP contribution is 2.05. The highest BCUT2D eigenvalue weighted by atomic mass is 15.2. The average molecular weight is 158 g/mol. The van der Waals surface area contributed by atoms with Gasteiger partial charge in [0.05, 0.1) is 6.17 Å². The van der Waals surface area contributed by atoms with Crippen LogP contribution in [0.3, 0.4) is 0 Å². The van der Waals surface area contributed by atoms with Gasteiger partial charge in [0, 0.05) is 19.1 Å². The minimum atomic E-state index is 0.445. The maximum atomic E-state index is 5.23. The summed E-state index contributed by atoms with van der Waals surface area (Å²) < 4.78 is 0. The van der Waals surface area contributed by atoms with Crippen molar-refractivity contribution in [3.8, 4) is 0 Å². The lowest BCUT2D eigenvalue weighted by Gasteiger charge is -2.18. The lowest BCUT2D eigenvalue weighted by molar-refractivity contribution is 0.400. The first-order chi connectivity index (χ1) is 5.24. The van der Waals surface area contributed by atoms with E-state index >= 15 is 0 Å². The van der Waals surface area contributed by atoms with Crippen molar-refractivity contribution >= 4 is 0 Å². The summed E-state index contributed by atoms with van der Waals surface area (Å²) in [6.45, 7) is 6.23. The van der Waals surface area contributed by atoms with E-state index in [-0.39, 0.29) is 0 Å². The molecule has 1 aliphatic heterocycles. The third-order valence-corrected chi connectivity index (χ3v) is 2.23. The second kappa shape index (κ2) is 4.01. The van der Waals surface area contributed by atoms with Gasteiger partial charge in [-0.2, -0.15) is 0 Å². The first-order valence-electron chi connectivity index (χ1n) is 4.17. The highest BCUT2D eigenvalue weighted by molar-refractivity contribution is 4.84. The summed E-state index contributed by atoms with van der Waals surface area (Å²) >= 11 is 0. The maximum Gasteiger partial charge on any atom is 0.0545 e. The van der Waals surface area contributed by atoms with Gasteiger partial charge in [-0.3, -0.25) is 16.6 Å². The molecule has 0 bridgehead atoms. The molecule has 1 saturated heterocycles. The molecule has 1 fully saturated rings. The van der Waals surface area contributed by atoms with Crippen molar-refractivity contribution in [2.24, 2.45) is 11.8 Å². The molecule has 1 heterocycles. The summed E-state index contributed by atoms with van der Waals surface area (Å²) in [5.74, 6) is 5.81. The largest absolute Gasteiger partial charge is 0.301 e. The molecule has 0 spiro atoms. The molecule has 0 aromatic heterocycles. The Labute approximate surface area is 67.9 Å². The van der Waals surface area contributed by atoms with Crippen LogP contribution in [0.4, 0.5) is 0 Å². The predicted molar refractivity (Wildman–Crippen MR) is 45.7 cm³/mol. The molecule has 0 radical (unpaired) electrons. The van der Waals surface area contributed by atoms with Gasteiger partial charge in [0.2, 0.25) is 0 Å². The first-order valence-corrected chi connectivity index (χ1v) is 4.17. The molecule has 1 rings (SSSR count). The molecule has 0 aliphatic carbocycles. The van der Waals surface area contributed by atoms with E-state index < -0.39 is 0 Å². The molecule has 0 aromatic carbocycles. The maximum absolute atomic E-state index is 5.23. The molecule has 4 heteroatoms. The van der Waals surface area contributed by atoms with Crippen LogP contribution in [0.15, 0.2) is 0 Å². The van der Waals surface area contributed by atoms with Crippen LogP contribution in [0.5, 0.6) is 0 Å². The summed E-state index contributed by atoms with van der Waals surface area (Å²) in [4.78, 5) is 0. The molecule has 0 saturated carbocycles. The van der Waals surface area contributed by atoms with Crippen molar-refractivity contribution in [1.29, 1.82) is 0 Å². The molecule has 66 valence electrons. The van der Waals surface area contributed by atoms with Crippen LogP contribution < -0.4 is 21.9 Å². The zero-order valence-electron chi connectivity index (χ0n) is 7.22. The number of nitrogens with two attached hydrogens (primary N) is 1. The summed E-state index contributed by atoms with van der Waals surface area (Å²) in [6.07, 6.45) is 0.445. The topological polar surface area (TPSA) is 62.1 Å². The Morgan fingerprint density at radius 1 is 1.73 bits per heavy atom. The van der Waals surface area contributed by atoms with Gasteiger partial charge in [0.25, 0.3) is 0 Å². The van der Waals surface area contributed by atoms with E-state index in [4.69, 9.17) is 5.84 Å². The van der Waals surface area contributed by atoms with Gasteiger partial charge in [-0.15, -0.1) is 0 Å². The number of rotatable bonds is 3. The molecule has 0 aromatic rings. The zero-order valence-corrected chi connectivity index (χ0v) is 7.22. The molecule has 11 heavy (non-hydrogen) atoms. The van der Waals surface area contributed by atoms with Crippen molar-refractivity contribution in [1.82, 2.24) is 16.1 Å². The number of hydrogen-bond donors (Lipinski definition) is 4. The van der Waals surface area contributed by atoms with Crippen LogP contribution in [-0.4, -0.2) is 25.3 Å². The van der Waals surface area contributed by atoms with Crippen molar-refractivity contribution < 1.29 is 0 Å². The molecule has 3 unspecified atom stereocenters. The van der Waals surface area contributed by atoms with Crippen LogP contribution in [0.25, 0.3) is 0 Å². The van der Waals surface area contributed by atoms with E-state index in [1.807, 2.05) is 0 Å². The SMILES string of the molecule is CC1NCC(C(C)CNN)N1. The summed E-state index contributed by atoms with van der Waals surface area (Å²) in [6, 6.07) is 0.557. The molecule has 3 atom stereocenters. The van der Waals surface area contributed by atoms with E-state index in [0.29, 0.717) is 18.1 Å². The summed E-state index contributed by atoms with van der Waals surface area (Å²) in [7, 11) is 0. The minimum Gasteiger partial charge on any atom is -0.301 e. The van der Waals surface area contributed by atoms with Crippen LogP contribution in [0, 0.1) is 5.92 Å². The smallest absolute Gasteiger partial charge is 0.0545 e. The number of hydrogen-bond acceptors (Lipinski definition) is 4. The van der Waals surface area contributed by atoms with Crippen LogP contribution in [-0.2, 0) is 0 Å². The van der Waals surface area contributed by atoms with Gasteiger partial charge in [-0.25, -0.2) is 0 Å². The third kappa shape index (κ3) is 2.41. The van der Waals surface area contributed by atoms with Crippen LogP contribution >= 0.6 is 0 Å². The monoisotopic (exact) mass is 158 g/mol. The van der Waals surface area contributed by atoms with E-state index in [9.17, 15) is 0 Å². The van der Waals surface area contributed by atoms with Crippen LogP contribution in [0.2, 0.25) is 0 Å². The van der Waals surface area contributed by atoms with Crippen molar-refractivity contribution in [3.05, 3.63) is 0 Å². The van der Waals surface area contributed by atoms with E-state index in [0.717, 1.165) is 13.1 Å². The quantitative estimate of drug-likeness (QED) is 0.314. The van der Waals surface area contributed by atoms with Crippen molar-refractivity contribution in [2.75, 3.05) is 13.1 Å². The zero-order chi connectivity index (χ0) is 8.27. The predicted octanol–water partition coefficient (Wildman–Crippen LogP) is -1.01. The normalized spacial score (nSPS) is 34.1.